The first-order chi connectivity index (χ1) is 8.97. The lowest BCUT2D eigenvalue weighted by Gasteiger charge is -2.11. The van der Waals surface area contributed by atoms with Crippen molar-refractivity contribution in [2.24, 2.45) is 0 Å². The van der Waals surface area contributed by atoms with Crippen LogP contribution in [0, 0.1) is 5.82 Å². The van der Waals surface area contributed by atoms with Crippen LogP contribution in [0.1, 0.15) is 5.56 Å². The molecule has 0 spiro atoms. The predicted molar refractivity (Wildman–Crippen MR) is 79.3 cm³/mol. The highest BCUT2D eigenvalue weighted by atomic mass is 79.9. The zero-order valence-corrected chi connectivity index (χ0v) is 12.7. The van der Waals surface area contributed by atoms with Crippen molar-refractivity contribution in [1.29, 1.82) is 0 Å². The molecular formula is C13H9BrCl2FNO. The Hall–Kier alpha value is -0.970. The van der Waals surface area contributed by atoms with E-state index in [4.69, 9.17) is 33.7 Å². The fourth-order valence-electron chi connectivity index (χ4n) is 1.47. The van der Waals surface area contributed by atoms with Crippen molar-refractivity contribution in [3.63, 3.8) is 0 Å². The molecular weight excluding hydrogens is 356 g/mol. The van der Waals surface area contributed by atoms with E-state index in [0.29, 0.717) is 31.5 Å². The Balaban J connectivity index is 2.19. The molecule has 19 heavy (non-hydrogen) atoms. The summed E-state index contributed by atoms with van der Waals surface area (Å²) in [6.45, 7) is 0.112. The van der Waals surface area contributed by atoms with Gasteiger partial charge in [0.1, 0.15) is 18.2 Å². The first-order valence-electron chi connectivity index (χ1n) is 5.28. The van der Waals surface area contributed by atoms with Crippen LogP contribution in [0.25, 0.3) is 0 Å². The van der Waals surface area contributed by atoms with Crippen LogP contribution in [-0.4, -0.2) is 0 Å². The summed E-state index contributed by atoms with van der Waals surface area (Å²) in [4.78, 5) is 0. The van der Waals surface area contributed by atoms with E-state index in [0.717, 1.165) is 0 Å². The molecule has 2 N–H and O–H groups in total. The fraction of sp³-hybridized carbons (Fsp3) is 0.0769. The minimum atomic E-state index is -0.368. The molecule has 0 aliphatic heterocycles. The van der Waals surface area contributed by atoms with Crippen LogP contribution in [-0.2, 0) is 6.61 Å². The molecule has 2 aromatic rings. The van der Waals surface area contributed by atoms with E-state index < -0.39 is 0 Å². The minimum absolute atomic E-state index is 0.112. The Morgan fingerprint density at radius 3 is 2.63 bits per heavy atom. The maximum Gasteiger partial charge on any atom is 0.139 e. The number of nitrogen functional groups attached to an aromatic ring is 1. The number of ether oxygens (including phenoxy) is 1. The molecule has 0 saturated heterocycles. The van der Waals surface area contributed by atoms with Gasteiger partial charge in [-0.05, 0) is 40.2 Å². The van der Waals surface area contributed by atoms with Gasteiger partial charge in [-0.3, -0.25) is 0 Å². The lowest BCUT2D eigenvalue weighted by Crippen LogP contribution is -2.01. The van der Waals surface area contributed by atoms with Gasteiger partial charge in [-0.2, -0.15) is 0 Å². The molecule has 0 radical (unpaired) electrons. The molecule has 0 unspecified atom stereocenters. The third-order valence-corrected chi connectivity index (χ3v) is 3.96. The van der Waals surface area contributed by atoms with E-state index in [2.05, 4.69) is 15.9 Å². The number of rotatable bonds is 3. The largest absolute Gasteiger partial charge is 0.487 e. The molecule has 2 nitrogen and oxygen atoms in total. The quantitative estimate of drug-likeness (QED) is 0.610. The summed E-state index contributed by atoms with van der Waals surface area (Å²) in [5.74, 6) is 0.0475. The van der Waals surface area contributed by atoms with E-state index >= 15 is 0 Å². The average Bonchev–Trinajstić information content (AvgIpc) is 2.36. The van der Waals surface area contributed by atoms with Crippen LogP contribution in [0.2, 0.25) is 10.0 Å². The summed E-state index contributed by atoms with van der Waals surface area (Å²) in [6, 6.07) is 7.33. The van der Waals surface area contributed by atoms with Gasteiger partial charge in [-0.25, -0.2) is 4.39 Å². The van der Waals surface area contributed by atoms with E-state index in [-0.39, 0.29) is 12.4 Å². The number of benzene rings is 2. The van der Waals surface area contributed by atoms with Crippen LogP contribution >= 0.6 is 39.1 Å². The van der Waals surface area contributed by atoms with Gasteiger partial charge in [-0.1, -0.05) is 23.2 Å². The lowest BCUT2D eigenvalue weighted by atomic mass is 10.2. The number of anilines is 1. The molecule has 0 saturated carbocycles. The molecule has 0 aliphatic rings. The number of hydrogen-bond donors (Lipinski definition) is 1. The zero-order valence-electron chi connectivity index (χ0n) is 9.59. The molecule has 0 bridgehead atoms. The number of hydrogen-bond acceptors (Lipinski definition) is 2. The van der Waals surface area contributed by atoms with Gasteiger partial charge in [0.25, 0.3) is 0 Å². The third kappa shape index (κ3) is 3.53. The molecule has 0 amide bonds. The van der Waals surface area contributed by atoms with E-state index in [1.54, 1.807) is 12.1 Å². The van der Waals surface area contributed by atoms with Gasteiger partial charge in [0, 0.05) is 21.8 Å². The summed E-state index contributed by atoms with van der Waals surface area (Å²) < 4.78 is 19.3. The minimum Gasteiger partial charge on any atom is -0.487 e. The third-order valence-electron chi connectivity index (χ3n) is 2.46. The fourth-order valence-corrected chi connectivity index (χ4v) is 2.32. The summed E-state index contributed by atoms with van der Waals surface area (Å²) >= 11 is 15.2. The molecule has 2 aromatic carbocycles. The topological polar surface area (TPSA) is 35.2 Å². The number of nitrogens with two attached hydrogens (primary N) is 1. The Bertz CT molecular complexity index is 622. The van der Waals surface area contributed by atoms with Crippen LogP contribution in [0.15, 0.2) is 34.8 Å². The molecule has 0 aliphatic carbocycles. The van der Waals surface area contributed by atoms with Gasteiger partial charge >= 0.3 is 0 Å². The lowest BCUT2D eigenvalue weighted by molar-refractivity contribution is 0.306. The Morgan fingerprint density at radius 1 is 1.16 bits per heavy atom. The Labute approximate surface area is 128 Å². The maximum absolute atomic E-state index is 13.1. The normalized spacial score (nSPS) is 10.5. The van der Waals surface area contributed by atoms with Crippen molar-refractivity contribution in [2.75, 3.05) is 5.73 Å². The van der Waals surface area contributed by atoms with Crippen LogP contribution < -0.4 is 10.5 Å². The average molecular weight is 365 g/mol. The Morgan fingerprint density at radius 2 is 1.89 bits per heavy atom. The van der Waals surface area contributed by atoms with Crippen molar-refractivity contribution in [2.45, 2.75) is 6.61 Å². The van der Waals surface area contributed by atoms with Gasteiger partial charge in [0.05, 0.1) is 10.0 Å². The second kappa shape index (κ2) is 5.99. The molecule has 0 heterocycles. The molecule has 100 valence electrons. The standard InChI is InChI=1S/C13H9BrCl2FNO/c14-9-4-11(16)13(5-10(9)15)19-6-7-3-8(17)1-2-12(7)18/h1-5H,6,18H2. The Kier molecular flexibility index (Phi) is 4.55. The van der Waals surface area contributed by atoms with Gasteiger partial charge in [0.2, 0.25) is 0 Å². The second-order valence-electron chi connectivity index (χ2n) is 3.83. The molecule has 0 fully saturated rings. The molecule has 2 rings (SSSR count). The maximum atomic E-state index is 13.1. The highest BCUT2D eigenvalue weighted by Crippen LogP contribution is 2.34. The van der Waals surface area contributed by atoms with E-state index in [9.17, 15) is 4.39 Å². The van der Waals surface area contributed by atoms with Crippen molar-refractivity contribution < 1.29 is 9.13 Å². The summed E-state index contributed by atoms with van der Waals surface area (Å²) in [5, 5.41) is 0.887. The van der Waals surface area contributed by atoms with Crippen LogP contribution in [0.4, 0.5) is 10.1 Å². The van der Waals surface area contributed by atoms with Crippen LogP contribution in [0.5, 0.6) is 5.75 Å². The number of halogens is 4. The van der Waals surface area contributed by atoms with Crippen molar-refractivity contribution >= 4 is 44.8 Å². The van der Waals surface area contributed by atoms with Crippen molar-refractivity contribution in [3.8, 4) is 5.75 Å². The van der Waals surface area contributed by atoms with E-state index in [1.165, 1.54) is 18.2 Å². The SMILES string of the molecule is Nc1ccc(F)cc1COc1cc(Cl)c(Br)cc1Cl. The van der Waals surface area contributed by atoms with Gasteiger partial charge in [0.15, 0.2) is 0 Å². The molecule has 6 heteroatoms. The van der Waals surface area contributed by atoms with E-state index in [1.807, 2.05) is 0 Å². The summed E-state index contributed by atoms with van der Waals surface area (Å²) in [5.41, 5.74) is 6.74. The predicted octanol–water partition coefficient (Wildman–Crippen LogP) is 5.06. The highest BCUT2D eigenvalue weighted by molar-refractivity contribution is 9.10. The second-order valence-corrected chi connectivity index (χ2v) is 5.50. The van der Waals surface area contributed by atoms with Gasteiger partial charge in [-0.15, -0.1) is 0 Å². The first kappa shape index (κ1) is 14.4. The summed E-state index contributed by atoms with van der Waals surface area (Å²) in [7, 11) is 0. The van der Waals surface area contributed by atoms with Crippen LogP contribution in [0.3, 0.4) is 0 Å². The summed E-state index contributed by atoms with van der Waals surface area (Å²) in [6.07, 6.45) is 0. The van der Waals surface area contributed by atoms with Crippen molar-refractivity contribution in [1.82, 2.24) is 0 Å². The molecule has 0 atom stereocenters. The smallest absolute Gasteiger partial charge is 0.139 e. The molecule has 0 aromatic heterocycles. The highest BCUT2D eigenvalue weighted by Gasteiger charge is 2.08. The zero-order chi connectivity index (χ0) is 14.0. The van der Waals surface area contributed by atoms with Crippen molar-refractivity contribution in [3.05, 3.63) is 56.2 Å². The van der Waals surface area contributed by atoms with Gasteiger partial charge < -0.3 is 10.5 Å². The first-order valence-corrected chi connectivity index (χ1v) is 6.83. The monoisotopic (exact) mass is 363 g/mol.